The zero-order valence-electron chi connectivity index (χ0n) is 8.50. The Balaban J connectivity index is 2.51. The lowest BCUT2D eigenvalue weighted by Gasteiger charge is -2.08. The molecule has 3 nitrogen and oxygen atoms in total. The van der Waals surface area contributed by atoms with Crippen LogP contribution in [0.2, 0.25) is 0 Å². The van der Waals surface area contributed by atoms with Crippen LogP contribution in [0.3, 0.4) is 0 Å². The van der Waals surface area contributed by atoms with Gasteiger partial charge >= 0.3 is 0 Å². The van der Waals surface area contributed by atoms with Gasteiger partial charge in [0.1, 0.15) is 5.75 Å². The van der Waals surface area contributed by atoms with Gasteiger partial charge in [-0.05, 0) is 25.1 Å². The van der Waals surface area contributed by atoms with Crippen LogP contribution in [0.1, 0.15) is 12.5 Å². The van der Waals surface area contributed by atoms with Gasteiger partial charge in [0.2, 0.25) is 0 Å². The average molecular weight is 269 g/mol. The van der Waals surface area contributed by atoms with E-state index in [0.29, 0.717) is 13.1 Å². The number of halogens is 1. The summed E-state index contributed by atoms with van der Waals surface area (Å²) >= 11 is 3.34. The van der Waals surface area contributed by atoms with Crippen molar-refractivity contribution in [2.24, 2.45) is 5.92 Å². The van der Waals surface area contributed by atoms with E-state index in [1.165, 1.54) is 0 Å². The normalized spacial score (nSPS) is 12.1. The van der Waals surface area contributed by atoms with Crippen molar-refractivity contribution in [2.75, 3.05) is 6.54 Å². The van der Waals surface area contributed by atoms with Gasteiger partial charge in [-0.25, -0.2) is 0 Å². The molecule has 0 radical (unpaired) electrons. The van der Waals surface area contributed by atoms with Gasteiger partial charge in [0.05, 0.1) is 12.0 Å². The third-order valence-corrected chi connectivity index (χ3v) is 2.52. The Labute approximate surface area is 97.9 Å². The molecule has 0 heterocycles. The van der Waals surface area contributed by atoms with Crippen LogP contribution in [0.15, 0.2) is 22.7 Å². The molecule has 1 atom stereocenters. The predicted octanol–water partition coefficient (Wildman–Crippen LogP) is 2.40. The molecular formula is C11H13BrN2O. The van der Waals surface area contributed by atoms with Gasteiger partial charge < -0.3 is 10.4 Å². The number of phenols is 1. The molecule has 0 saturated heterocycles. The smallest absolute Gasteiger partial charge is 0.120 e. The number of nitriles is 1. The van der Waals surface area contributed by atoms with E-state index in [4.69, 9.17) is 5.26 Å². The molecule has 15 heavy (non-hydrogen) atoms. The summed E-state index contributed by atoms with van der Waals surface area (Å²) in [4.78, 5) is 0. The van der Waals surface area contributed by atoms with Crippen molar-refractivity contribution >= 4 is 15.9 Å². The van der Waals surface area contributed by atoms with Crippen LogP contribution in [0, 0.1) is 17.2 Å². The Morgan fingerprint density at radius 1 is 1.60 bits per heavy atom. The van der Waals surface area contributed by atoms with E-state index in [-0.39, 0.29) is 11.7 Å². The molecule has 1 rings (SSSR count). The lowest BCUT2D eigenvalue weighted by Crippen LogP contribution is -2.19. The number of rotatable bonds is 4. The first-order chi connectivity index (χ1) is 7.13. The largest absolute Gasteiger partial charge is 0.508 e. The third-order valence-electron chi connectivity index (χ3n) is 2.03. The minimum Gasteiger partial charge on any atom is -0.508 e. The quantitative estimate of drug-likeness (QED) is 0.882. The van der Waals surface area contributed by atoms with Gasteiger partial charge in [-0.1, -0.05) is 15.9 Å². The Bertz CT molecular complexity index is 373. The zero-order chi connectivity index (χ0) is 11.3. The summed E-state index contributed by atoms with van der Waals surface area (Å²) in [7, 11) is 0. The predicted molar refractivity (Wildman–Crippen MR) is 62.3 cm³/mol. The minimum atomic E-state index is -0.0145. The summed E-state index contributed by atoms with van der Waals surface area (Å²) in [5.74, 6) is 0.259. The maximum Gasteiger partial charge on any atom is 0.120 e. The van der Waals surface area contributed by atoms with Crippen molar-refractivity contribution in [3.8, 4) is 11.8 Å². The Morgan fingerprint density at radius 3 is 3.00 bits per heavy atom. The molecule has 0 saturated carbocycles. The second-order valence-electron chi connectivity index (χ2n) is 3.43. The highest BCUT2D eigenvalue weighted by Crippen LogP contribution is 2.21. The Kier molecular flexibility index (Phi) is 4.60. The minimum absolute atomic E-state index is 0.0145. The fourth-order valence-corrected chi connectivity index (χ4v) is 1.57. The number of nitrogens with zero attached hydrogens (tertiary/aromatic N) is 1. The fourth-order valence-electron chi connectivity index (χ4n) is 1.16. The van der Waals surface area contributed by atoms with Crippen molar-refractivity contribution in [1.29, 1.82) is 5.26 Å². The van der Waals surface area contributed by atoms with Gasteiger partial charge in [0, 0.05) is 23.1 Å². The van der Waals surface area contributed by atoms with Crippen molar-refractivity contribution in [3.63, 3.8) is 0 Å². The monoisotopic (exact) mass is 268 g/mol. The van der Waals surface area contributed by atoms with Gasteiger partial charge in [0.25, 0.3) is 0 Å². The summed E-state index contributed by atoms with van der Waals surface area (Å²) in [5.41, 5.74) is 0.828. The van der Waals surface area contributed by atoms with Crippen LogP contribution >= 0.6 is 15.9 Å². The molecule has 0 bridgehead atoms. The lowest BCUT2D eigenvalue weighted by molar-refractivity contribution is 0.463. The average Bonchev–Trinajstić information content (AvgIpc) is 2.23. The molecule has 4 heteroatoms. The second-order valence-corrected chi connectivity index (χ2v) is 4.35. The zero-order valence-corrected chi connectivity index (χ0v) is 10.1. The molecule has 0 amide bonds. The van der Waals surface area contributed by atoms with E-state index in [9.17, 15) is 5.11 Å². The van der Waals surface area contributed by atoms with E-state index in [0.717, 1.165) is 10.0 Å². The summed E-state index contributed by atoms with van der Waals surface area (Å²) < 4.78 is 0.936. The number of phenolic OH excluding ortho intramolecular Hbond substituents is 1. The summed E-state index contributed by atoms with van der Waals surface area (Å²) in [6.45, 7) is 3.05. The Morgan fingerprint density at radius 2 is 2.33 bits per heavy atom. The number of aromatic hydroxyl groups is 1. The second kappa shape index (κ2) is 5.74. The molecule has 2 N–H and O–H groups in total. The van der Waals surface area contributed by atoms with Gasteiger partial charge in [0.15, 0.2) is 0 Å². The van der Waals surface area contributed by atoms with Crippen LogP contribution in [-0.2, 0) is 6.54 Å². The summed E-state index contributed by atoms with van der Waals surface area (Å²) in [5, 5.41) is 21.2. The van der Waals surface area contributed by atoms with Crippen molar-refractivity contribution in [2.45, 2.75) is 13.5 Å². The number of hydrogen-bond acceptors (Lipinski definition) is 3. The highest BCUT2D eigenvalue weighted by molar-refractivity contribution is 9.10. The molecule has 1 aromatic rings. The van der Waals surface area contributed by atoms with Gasteiger partial charge in [-0.3, -0.25) is 0 Å². The van der Waals surface area contributed by atoms with E-state index in [1.54, 1.807) is 12.1 Å². The number of hydrogen-bond donors (Lipinski definition) is 2. The van der Waals surface area contributed by atoms with Crippen molar-refractivity contribution in [3.05, 3.63) is 28.2 Å². The number of benzene rings is 1. The van der Waals surface area contributed by atoms with E-state index in [1.807, 2.05) is 13.0 Å². The lowest BCUT2D eigenvalue weighted by atomic mass is 10.2. The van der Waals surface area contributed by atoms with Crippen molar-refractivity contribution < 1.29 is 5.11 Å². The van der Waals surface area contributed by atoms with E-state index >= 15 is 0 Å². The van der Waals surface area contributed by atoms with Crippen LogP contribution in [0.4, 0.5) is 0 Å². The summed E-state index contributed by atoms with van der Waals surface area (Å²) in [6.07, 6.45) is 0. The van der Waals surface area contributed by atoms with Crippen LogP contribution < -0.4 is 5.32 Å². The number of nitrogens with one attached hydrogen (secondary N) is 1. The topological polar surface area (TPSA) is 56.0 Å². The Hall–Kier alpha value is -1.05. The molecule has 1 aromatic carbocycles. The molecule has 0 aliphatic heterocycles. The molecule has 1 unspecified atom stereocenters. The van der Waals surface area contributed by atoms with Gasteiger partial charge in [-0.15, -0.1) is 0 Å². The van der Waals surface area contributed by atoms with Crippen LogP contribution in [0.25, 0.3) is 0 Å². The van der Waals surface area contributed by atoms with Gasteiger partial charge in [-0.2, -0.15) is 5.26 Å². The molecular weight excluding hydrogens is 256 g/mol. The first-order valence-corrected chi connectivity index (χ1v) is 5.50. The first kappa shape index (κ1) is 12.0. The van der Waals surface area contributed by atoms with Crippen LogP contribution in [-0.4, -0.2) is 11.7 Å². The molecule has 0 aliphatic carbocycles. The third kappa shape index (κ3) is 3.90. The van der Waals surface area contributed by atoms with Crippen LogP contribution in [0.5, 0.6) is 5.75 Å². The molecule has 0 spiro atoms. The maximum absolute atomic E-state index is 9.53. The highest BCUT2D eigenvalue weighted by Gasteiger charge is 2.03. The molecule has 80 valence electrons. The summed E-state index contributed by atoms with van der Waals surface area (Å²) in [6, 6.07) is 7.44. The molecule has 0 fully saturated rings. The van der Waals surface area contributed by atoms with E-state index in [2.05, 4.69) is 27.3 Å². The maximum atomic E-state index is 9.53. The molecule has 0 aromatic heterocycles. The standard InChI is InChI=1S/C11H13BrN2O/c1-8(5-13)6-14-7-9-4-10(12)2-3-11(9)15/h2-4,8,14-15H,6-7H2,1H3. The first-order valence-electron chi connectivity index (χ1n) is 4.71. The fraction of sp³-hybridized carbons (Fsp3) is 0.364. The van der Waals surface area contributed by atoms with E-state index < -0.39 is 0 Å². The van der Waals surface area contributed by atoms with Crippen molar-refractivity contribution in [1.82, 2.24) is 5.32 Å². The highest BCUT2D eigenvalue weighted by atomic mass is 79.9. The SMILES string of the molecule is CC(C#N)CNCc1cc(Br)ccc1O. The molecule has 0 aliphatic rings.